The van der Waals surface area contributed by atoms with Gasteiger partial charge >= 0.3 is 6.03 Å². The first-order valence-electron chi connectivity index (χ1n) is 11.4. The number of carbonyl (C=O) groups is 1. The predicted molar refractivity (Wildman–Crippen MR) is 133 cm³/mol. The summed E-state index contributed by atoms with van der Waals surface area (Å²) in [5.74, 6) is 0.938. The molecule has 3 aromatic rings. The van der Waals surface area contributed by atoms with Crippen molar-refractivity contribution in [2.75, 3.05) is 38.1 Å². The fourth-order valence-corrected chi connectivity index (χ4v) is 5.12. The lowest BCUT2D eigenvalue weighted by Gasteiger charge is -2.22. The second-order valence-electron chi connectivity index (χ2n) is 9.27. The Morgan fingerprint density at radius 2 is 1.82 bits per heavy atom. The molecule has 2 fully saturated rings. The van der Waals surface area contributed by atoms with Crippen LogP contribution >= 0.6 is 11.6 Å². The number of hydrogen-bond acceptors (Lipinski definition) is 6. The summed E-state index contributed by atoms with van der Waals surface area (Å²) in [7, 11) is 1.92. The summed E-state index contributed by atoms with van der Waals surface area (Å²) in [4.78, 5) is 27.4. The largest absolute Gasteiger partial charge is 0.347 e. The Kier molecular flexibility index (Phi) is 6.10. The summed E-state index contributed by atoms with van der Waals surface area (Å²) >= 11 is 6.62. The van der Waals surface area contributed by atoms with Crippen molar-refractivity contribution in [2.24, 2.45) is 11.8 Å². The van der Waals surface area contributed by atoms with Gasteiger partial charge in [-0.15, -0.1) is 0 Å². The van der Waals surface area contributed by atoms with Crippen molar-refractivity contribution in [2.45, 2.75) is 13.5 Å². The van der Waals surface area contributed by atoms with E-state index >= 15 is 0 Å². The lowest BCUT2D eigenvalue weighted by molar-refractivity contribution is 0.197. The molecule has 9 heteroatoms. The molecular weight excluding hydrogens is 450 g/mol. The van der Waals surface area contributed by atoms with Crippen LogP contribution in [0.2, 0.25) is 5.02 Å². The quantitative estimate of drug-likeness (QED) is 0.553. The maximum absolute atomic E-state index is 13.0. The van der Waals surface area contributed by atoms with Crippen LogP contribution in [-0.2, 0) is 6.54 Å². The van der Waals surface area contributed by atoms with E-state index in [4.69, 9.17) is 11.6 Å². The second kappa shape index (κ2) is 9.19. The standard InChI is InChI=1S/C25H28ClN7O/c1-17(2)30(3)23-9-29-33(15-23)25(34)32-13-21-11-31(12-22(21)14-32)10-19-5-4-18(6-24(19)26)20-7-27-16-28-8-20/h4-9,15-16,21-22H,1,10-14H2,2-3H3. The van der Waals surface area contributed by atoms with Crippen LogP contribution in [0.3, 0.4) is 0 Å². The summed E-state index contributed by atoms with van der Waals surface area (Å²) < 4.78 is 1.44. The Bertz CT molecular complexity index is 1200. The number of amides is 1. The van der Waals surface area contributed by atoms with Gasteiger partial charge in [-0.25, -0.2) is 14.8 Å². The Labute approximate surface area is 204 Å². The van der Waals surface area contributed by atoms with Crippen LogP contribution in [0.4, 0.5) is 10.5 Å². The molecule has 1 aromatic carbocycles. The van der Waals surface area contributed by atoms with Crippen LogP contribution in [0.5, 0.6) is 0 Å². The van der Waals surface area contributed by atoms with E-state index in [1.807, 2.05) is 29.8 Å². The normalized spacial score (nSPS) is 19.9. The molecule has 5 rings (SSSR count). The number of carbonyl (C=O) groups excluding carboxylic acids is 1. The van der Waals surface area contributed by atoms with Gasteiger partial charge in [-0.1, -0.05) is 30.3 Å². The van der Waals surface area contributed by atoms with Gasteiger partial charge in [0, 0.05) is 68.4 Å². The summed E-state index contributed by atoms with van der Waals surface area (Å²) in [5, 5.41) is 5.03. The number of benzene rings is 1. The first-order chi connectivity index (χ1) is 16.4. The van der Waals surface area contributed by atoms with Crippen molar-refractivity contribution in [3.63, 3.8) is 0 Å². The molecule has 0 aliphatic carbocycles. The maximum atomic E-state index is 13.0. The molecule has 2 aliphatic heterocycles. The van der Waals surface area contributed by atoms with Gasteiger partial charge in [0.05, 0.1) is 18.1 Å². The fraction of sp³-hybridized carbons (Fsp3) is 0.360. The highest BCUT2D eigenvalue weighted by atomic mass is 35.5. The van der Waals surface area contributed by atoms with Gasteiger partial charge in [0.1, 0.15) is 6.33 Å². The fourth-order valence-electron chi connectivity index (χ4n) is 4.88. The topological polar surface area (TPSA) is 70.4 Å². The van der Waals surface area contributed by atoms with E-state index in [-0.39, 0.29) is 6.03 Å². The first-order valence-corrected chi connectivity index (χ1v) is 11.8. The van der Waals surface area contributed by atoms with E-state index < -0.39 is 0 Å². The summed E-state index contributed by atoms with van der Waals surface area (Å²) in [6.07, 6.45) is 8.56. The van der Waals surface area contributed by atoms with Gasteiger partial charge in [0.25, 0.3) is 0 Å². The van der Waals surface area contributed by atoms with Crippen LogP contribution < -0.4 is 4.90 Å². The average molecular weight is 478 g/mol. The molecule has 0 N–H and O–H groups in total. The monoisotopic (exact) mass is 477 g/mol. The summed E-state index contributed by atoms with van der Waals surface area (Å²) in [6, 6.07) is 6.08. The molecule has 2 saturated heterocycles. The van der Waals surface area contributed by atoms with E-state index in [0.29, 0.717) is 11.8 Å². The minimum Gasteiger partial charge on any atom is -0.347 e. The molecule has 2 unspecified atom stereocenters. The Hall–Kier alpha value is -3.23. The van der Waals surface area contributed by atoms with Crippen molar-refractivity contribution < 1.29 is 4.79 Å². The molecule has 176 valence electrons. The average Bonchev–Trinajstić information content (AvgIpc) is 3.55. The van der Waals surface area contributed by atoms with Crippen LogP contribution in [0, 0.1) is 11.8 Å². The molecule has 0 spiro atoms. The Morgan fingerprint density at radius 3 is 2.47 bits per heavy atom. The van der Waals surface area contributed by atoms with Gasteiger partial charge in [-0.05, 0) is 36.0 Å². The van der Waals surface area contributed by atoms with E-state index in [1.165, 1.54) is 11.0 Å². The Balaban J connectivity index is 1.18. The number of anilines is 1. The number of halogens is 1. The molecule has 2 aromatic heterocycles. The van der Waals surface area contributed by atoms with Crippen molar-refractivity contribution in [1.82, 2.24) is 29.5 Å². The van der Waals surface area contributed by atoms with Crippen LogP contribution in [0.25, 0.3) is 11.1 Å². The maximum Gasteiger partial charge on any atom is 0.344 e. The molecule has 0 saturated carbocycles. The molecule has 1 amide bonds. The van der Waals surface area contributed by atoms with Crippen LogP contribution in [-0.4, -0.2) is 68.8 Å². The lowest BCUT2D eigenvalue weighted by Crippen LogP contribution is -2.36. The summed E-state index contributed by atoms with van der Waals surface area (Å²) in [6.45, 7) is 10.1. The third-order valence-electron chi connectivity index (χ3n) is 6.90. The van der Waals surface area contributed by atoms with E-state index in [2.05, 4.69) is 38.7 Å². The molecular formula is C25H28ClN7O. The van der Waals surface area contributed by atoms with E-state index in [0.717, 1.165) is 65.8 Å². The van der Waals surface area contributed by atoms with E-state index in [1.54, 1.807) is 24.8 Å². The molecule has 2 atom stereocenters. The van der Waals surface area contributed by atoms with Crippen molar-refractivity contribution in [3.8, 4) is 11.1 Å². The number of likely N-dealkylation sites (tertiary alicyclic amines) is 2. The highest BCUT2D eigenvalue weighted by molar-refractivity contribution is 6.31. The predicted octanol–water partition coefficient (Wildman–Crippen LogP) is 4.00. The van der Waals surface area contributed by atoms with E-state index in [9.17, 15) is 4.79 Å². The number of rotatable bonds is 5. The van der Waals surface area contributed by atoms with Gasteiger partial charge in [-0.2, -0.15) is 9.78 Å². The molecule has 0 radical (unpaired) electrons. The highest BCUT2D eigenvalue weighted by Gasteiger charge is 2.42. The number of aromatic nitrogens is 4. The molecule has 8 nitrogen and oxygen atoms in total. The molecule has 34 heavy (non-hydrogen) atoms. The molecule has 0 bridgehead atoms. The lowest BCUT2D eigenvalue weighted by atomic mass is 10.0. The van der Waals surface area contributed by atoms with Gasteiger partial charge < -0.3 is 9.80 Å². The van der Waals surface area contributed by atoms with Crippen LogP contribution in [0.15, 0.2) is 61.6 Å². The Morgan fingerprint density at radius 1 is 1.12 bits per heavy atom. The summed E-state index contributed by atoms with van der Waals surface area (Å²) in [5.41, 5.74) is 4.83. The smallest absolute Gasteiger partial charge is 0.344 e. The molecule has 4 heterocycles. The van der Waals surface area contributed by atoms with Gasteiger partial charge in [0.2, 0.25) is 0 Å². The van der Waals surface area contributed by atoms with Gasteiger partial charge in [0.15, 0.2) is 0 Å². The minimum absolute atomic E-state index is 0.0640. The minimum atomic E-state index is -0.0640. The zero-order chi connectivity index (χ0) is 23.8. The van der Waals surface area contributed by atoms with Crippen molar-refractivity contribution >= 4 is 23.3 Å². The number of nitrogens with zero attached hydrogens (tertiary/aromatic N) is 7. The molecule has 2 aliphatic rings. The third kappa shape index (κ3) is 4.43. The number of hydrogen-bond donors (Lipinski definition) is 0. The van der Waals surface area contributed by atoms with Gasteiger partial charge in [-0.3, -0.25) is 4.90 Å². The number of allylic oxidation sites excluding steroid dienone is 1. The highest BCUT2D eigenvalue weighted by Crippen LogP contribution is 2.34. The van der Waals surface area contributed by atoms with Crippen LogP contribution in [0.1, 0.15) is 12.5 Å². The second-order valence-corrected chi connectivity index (χ2v) is 9.68. The van der Waals surface area contributed by atoms with Crippen molar-refractivity contribution in [3.05, 3.63) is 72.2 Å². The SMILES string of the molecule is C=C(C)N(C)c1cnn(C(=O)N2CC3CN(Cc4ccc(-c5cncnc5)cc4Cl)CC3C2)c1. The third-order valence-corrected chi connectivity index (χ3v) is 7.25. The number of fused-ring (bicyclic) bond motifs is 1. The zero-order valence-corrected chi connectivity index (χ0v) is 20.2. The zero-order valence-electron chi connectivity index (χ0n) is 19.4. The first kappa shape index (κ1) is 22.6. The van der Waals surface area contributed by atoms with Crippen molar-refractivity contribution in [1.29, 1.82) is 0 Å².